The second-order valence-electron chi connectivity index (χ2n) is 8.92. The van der Waals surface area contributed by atoms with Gasteiger partial charge in [0.2, 0.25) is 0 Å². The fourth-order valence-corrected chi connectivity index (χ4v) is 5.31. The molecular weight excluding hydrogens is 378 g/mol. The van der Waals surface area contributed by atoms with Gasteiger partial charge in [0.05, 0.1) is 23.7 Å². The van der Waals surface area contributed by atoms with Crippen molar-refractivity contribution >= 4 is 28.4 Å². The number of rotatable bonds is 5. The number of ether oxygens (including phenoxy) is 1. The molecular formula is C23H27N5O2. The number of nitrogen functional groups attached to an aromatic ring is 1. The Balaban J connectivity index is 1.37. The molecule has 0 spiro atoms. The molecule has 3 aromatic rings. The van der Waals surface area contributed by atoms with Gasteiger partial charge in [-0.25, -0.2) is 4.98 Å². The lowest BCUT2D eigenvalue weighted by Gasteiger charge is -2.52. The van der Waals surface area contributed by atoms with E-state index in [1.165, 1.54) is 7.11 Å². The minimum Gasteiger partial charge on any atom is -0.469 e. The highest BCUT2D eigenvalue weighted by Crippen LogP contribution is 2.57. The molecule has 0 radical (unpaired) electrons. The Morgan fingerprint density at radius 2 is 1.93 bits per heavy atom. The first-order chi connectivity index (χ1) is 14.5. The fourth-order valence-electron chi connectivity index (χ4n) is 5.31. The van der Waals surface area contributed by atoms with Crippen LogP contribution >= 0.6 is 0 Å². The Hall–Kier alpha value is -3.09. The van der Waals surface area contributed by atoms with Gasteiger partial charge in [-0.2, -0.15) is 5.10 Å². The molecule has 3 aliphatic rings. The zero-order valence-electron chi connectivity index (χ0n) is 17.2. The number of nitrogens with zero attached hydrogens (tertiary/aromatic N) is 2. The first-order valence-electron chi connectivity index (χ1n) is 10.6. The molecule has 156 valence electrons. The molecule has 2 heterocycles. The van der Waals surface area contributed by atoms with E-state index in [2.05, 4.69) is 32.6 Å². The van der Waals surface area contributed by atoms with Gasteiger partial charge in [-0.05, 0) is 56.1 Å². The summed E-state index contributed by atoms with van der Waals surface area (Å²) in [6, 6.07) is 10.0. The van der Waals surface area contributed by atoms with Gasteiger partial charge in [-0.15, -0.1) is 0 Å². The van der Waals surface area contributed by atoms with Gasteiger partial charge in [0, 0.05) is 35.4 Å². The summed E-state index contributed by atoms with van der Waals surface area (Å²) in [6.07, 6.45) is 7.67. The molecule has 6 rings (SSSR count). The van der Waals surface area contributed by atoms with E-state index in [0.29, 0.717) is 5.82 Å². The average Bonchev–Trinajstić information content (AvgIpc) is 3.33. The van der Waals surface area contributed by atoms with Crippen molar-refractivity contribution < 1.29 is 9.53 Å². The number of benzene rings is 1. The largest absolute Gasteiger partial charge is 0.469 e. The Bertz CT molecular complexity index is 1070. The molecule has 2 aromatic heterocycles. The molecule has 2 bridgehead atoms. The van der Waals surface area contributed by atoms with Gasteiger partial charge in [0.25, 0.3) is 0 Å². The van der Waals surface area contributed by atoms with Crippen molar-refractivity contribution in [1.82, 2.24) is 15.2 Å². The smallest absolute Gasteiger partial charge is 0.311 e. The lowest BCUT2D eigenvalue weighted by molar-refractivity contribution is -0.162. The molecule has 7 nitrogen and oxygen atoms in total. The van der Waals surface area contributed by atoms with Gasteiger partial charge >= 0.3 is 5.97 Å². The normalized spacial score (nSPS) is 25.4. The van der Waals surface area contributed by atoms with E-state index < -0.39 is 0 Å². The molecule has 1 aromatic carbocycles. The monoisotopic (exact) mass is 405 g/mol. The number of aromatic nitrogens is 3. The first kappa shape index (κ1) is 18.9. The number of carbonyl (C=O) groups is 1. The van der Waals surface area contributed by atoms with Gasteiger partial charge in [-0.3, -0.25) is 9.89 Å². The fraction of sp³-hybridized carbons (Fsp3) is 0.435. The van der Waals surface area contributed by atoms with Crippen molar-refractivity contribution in [2.75, 3.05) is 24.7 Å². The number of hydrogen-bond acceptors (Lipinski definition) is 6. The average molecular weight is 406 g/mol. The van der Waals surface area contributed by atoms with E-state index >= 15 is 0 Å². The van der Waals surface area contributed by atoms with E-state index in [4.69, 9.17) is 10.5 Å². The van der Waals surface area contributed by atoms with E-state index in [-0.39, 0.29) is 16.8 Å². The number of methoxy groups -OCH3 is 1. The third-order valence-corrected chi connectivity index (χ3v) is 7.32. The van der Waals surface area contributed by atoms with Crippen LogP contribution in [-0.2, 0) is 9.53 Å². The molecule has 0 atom stereocenters. The quantitative estimate of drug-likeness (QED) is 0.551. The molecule has 0 aliphatic heterocycles. The molecule has 3 fully saturated rings. The molecule has 4 N–H and O–H groups in total. The van der Waals surface area contributed by atoms with Crippen molar-refractivity contribution in [3.05, 3.63) is 36.5 Å². The van der Waals surface area contributed by atoms with Crippen molar-refractivity contribution in [3.8, 4) is 11.3 Å². The molecule has 30 heavy (non-hydrogen) atoms. The minimum atomic E-state index is -0.243. The van der Waals surface area contributed by atoms with Gasteiger partial charge in [0.15, 0.2) is 0 Å². The number of fused-ring (bicyclic) bond motifs is 4. The topological polar surface area (TPSA) is 106 Å². The van der Waals surface area contributed by atoms with E-state index in [0.717, 1.165) is 72.9 Å². The number of pyridine rings is 1. The second-order valence-corrected chi connectivity index (χ2v) is 8.92. The lowest BCUT2D eigenvalue weighted by atomic mass is 9.53. The van der Waals surface area contributed by atoms with Crippen molar-refractivity contribution in [2.24, 2.45) is 10.8 Å². The SMILES string of the molecule is COC(=O)C12CCC(CNc3cc(N)nc4cc(-c5ccn[nH]5)ccc34)(CC1)CC2. The number of nitrogens with one attached hydrogen (secondary N) is 2. The van der Waals surface area contributed by atoms with Crippen LogP contribution in [0.3, 0.4) is 0 Å². The number of hydrogen-bond donors (Lipinski definition) is 3. The maximum absolute atomic E-state index is 12.3. The Labute approximate surface area is 175 Å². The van der Waals surface area contributed by atoms with Crippen LogP contribution in [0.5, 0.6) is 0 Å². The molecule has 0 unspecified atom stereocenters. The maximum atomic E-state index is 12.3. The van der Waals surface area contributed by atoms with Crippen LogP contribution in [0.4, 0.5) is 11.5 Å². The van der Waals surface area contributed by atoms with E-state index in [9.17, 15) is 4.79 Å². The highest BCUT2D eigenvalue weighted by Gasteiger charge is 2.52. The molecule has 7 heteroatoms. The van der Waals surface area contributed by atoms with Crippen LogP contribution in [0.2, 0.25) is 0 Å². The molecule has 0 saturated heterocycles. The summed E-state index contributed by atoms with van der Waals surface area (Å²) in [7, 11) is 1.51. The van der Waals surface area contributed by atoms with Gasteiger partial charge in [0.1, 0.15) is 5.82 Å². The van der Waals surface area contributed by atoms with Crippen LogP contribution in [-0.4, -0.2) is 34.8 Å². The number of nitrogens with two attached hydrogens (primary N) is 1. The Morgan fingerprint density at radius 3 is 2.60 bits per heavy atom. The maximum Gasteiger partial charge on any atom is 0.311 e. The number of anilines is 2. The highest BCUT2D eigenvalue weighted by atomic mass is 16.5. The van der Waals surface area contributed by atoms with Crippen LogP contribution in [0, 0.1) is 10.8 Å². The van der Waals surface area contributed by atoms with Crippen molar-refractivity contribution in [1.29, 1.82) is 0 Å². The van der Waals surface area contributed by atoms with E-state index in [1.54, 1.807) is 6.20 Å². The zero-order chi connectivity index (χ0) is 20.8. The molecule has 0 amide bonds. The van der Waals surface area contributed by atoms with Crippen LogP contribution < -0.4 is 11.1 Å². The summed E-state index contributed by atoms with van der Waals surface area (Å²) in [6.45, 7) is 0.880. The standard InChI is InChI=1S/C23H27N5O2/c1-30-21(29)23-8-5-22(6-9-23,7-10-23)14-25-18-13-20(24)27-19-12-15(2-3-16(18)19)17-4-11-26-28-17/h2-4,11-13H,5-10,14H2,1H3,(H,26,28)(H3,24,25,27). The summed E-state index contributed by atoms with van der Waals surface area (Å²) in [5.41, 5.74) is 9.96. The number of aromatic amines is 1. The third kappa shape index (κ3) is 3.09. The van der Waals surface area contributed by atoms with Crippen molar-refractivity contribution in [2.45, 2.75) is 38.5 Å². The summed E-state index contributed by atoms with van der Waals surface area (Å²) >= 11 is 0. The summed E-state index contributed by atoms with van der Waals surface area (Å²) in [5.74, 6) is 0.478. The van der Waals surface area contributed by atoms with Crippen LogP contribution in [0.1, 0.15) is 38.5 Å². The highest BCUT2D eigenvalue weighted by molar-refractivity contribution is 5.95. The Kier molecular flexibility index (Phi) is 4.41. The summed E-state index contributed by atoms with van der Waals surface area (Å²) in [4.78, 5) is 16.8. The molecule has 3 saturated carbocycles. The van der Waals surface area contributed by atoms with Crippen LogP contribution in [0.15, 0.2) is 36.5 Å². The van der Waals surface area contributed by atoms with Gasteiger partial charge in [-0.1, -0.05) is 12.1 Å². The first-order valence-corrected chi connectivity index (χ1v) is 10.6. The minimum absolute atomic E-state index is 0.0234. The number of H-pyrrole nitrogens is 1. The summed E-state index contributed by atoms with van der Waals surface area (Å²) < 4.78 is 5.09. The summed E-state index contributed by atoms with van der Waals surface area (Å²) in [5, 5.41) is 11.7. The number of carbonyl (C=O) groups excluding carboxylic acids is 1. The van der Waals surface area contributed by atoms with E-state index in [1.807, 2.05) is 18.2 Å². The van der Waals surface area contributed by atoms with Gasteiger partial charge < -0.3 is 15.8 Å². The second kappa shape index (κ2) is 7.00. The lowest BCUT2D eigenvalue weighted by Crippen LogP contribution is -2.48. The zero-order valence-corrected chi connectivity index (χ0v) is 17.2. The predicted octanol–water partition coefficient (Wildman–Crippen LogP) is 4.13. The number of esters is 1. The Morgan fingerprint density at radius 1 is 1.17 bits per heavy atom. The van der Waals surface area contributed by atoms with Crippen LogP contribution in [0.25, 0.3) is 22.2 Å². The molecule has 3 aliphatic carbocycles. The third-order valence-electron chi connectivity index (χ3n) is 7.32. The van der Waals surface area contributed by atoms with Crippen molar-refractivity contribution in [3.63, 3.8) is 0 Å². The predicted molar refractivity (Wildman–Crippen MR) is 117 cm³/mol.